The Morgan fingerprint density at radius 2 is 1.79 bits per heavy atom. The van der Waals surface area contributed by atoms with Crippen molar-refractivity contribution in [2.24, 2.45) is 5.73 Å². The first-order chi connectivity index (χ1) is 6.63. The van der Waals surface area contributed by atoms with Crippen molar-refractivity contribution in [1.29, 1.82) is 0 Å². The smallest absolute Gasteiger partial charge is 0.0297 e. The third-order valence-corrected chi connectivity index (χ3v) is 3.23. The highest BCUT2D eigenvalue weighted by Gasteiger charge is 2.22. The Balaban J connectivity index is 2.02. The van der Waals surface area contributed by atoms with Crippen LogP contribution in [0.3, 0.4) is 0 Å². The number of halogens is 2. The molecule has 1 aliphatic rings. The maximum atomic E-state index is 5.72. The molecule has 76 valence electrons. The first-order valence-electron chi connectivity index (χ1n) is 4.56. The second kappa shape index (κ2) is 4.31. The van der Waals surface area contributed by atoms with E-state index in [1.807, 2.05) is 6.07 Å². The van der Waals surface area contributed by atoms with Crippen LogP contribution in [0.25, 0.3) is 0 Å². The van der Waals surface area contributed by atoms with Crippen LogP contribution in [0.15, 0.2) is 27.1 Å². The van der Waals surface area contributed by atoms with Crippen LogP contribution in [-0.2, 0) is 6.54 Å². The SMILES string of the molecule is NC1CN(Cc2cc(Br)cc(Br)c2)C1. The molecule has 4 heteroatoms. The van der Waals surface area contributed by atoms with Crippen molar-refractivity contribution < 1.29 is 0 Å². The van der Waals surface area contributed by atoms with E-state index in [4.69, 9.17) is 5.73 Å². The minimum Gasteiger partial charge on any atom is -0.325 e. The van der Waals surface area contributed by atoms with E-state index in [0.29, 0.717) is 6.04 Å². The zero-order valence-electron chi connectivity index (χ0n) is 7.71. The highest BCUT2D eigenvalue weighted by molar-refractivity contribution is 9.11. The van der Waals surface area contributed by atoms with Gasteiger partial charge in [-0.15, -0.1) is 0 Å². The molecule has 2 rings (SSSR count). The highest BCUT2D eigenvalue weighted by Crippen LogP contribution is 2.22. The lowest BCUT2D eigenvalue weighted by molar-refractivity contribution is 0.142. The molecule has 0 amide bonds. The lowest BCUT2D eigenvalue weighted by Gasteiger charge is -2.36. The van der Waals surface area contributed by atoms with E-state index < -0.39 is 0 Å². The second-order valence-electron chi connectivity index (χ2n) is 3.73. The van der Waals surface area contributed by atoms with Crippen LogP contribution in [0.5, 0.6) is 0 Å². The standard InChI is InChI=1S/C10H12Br2N2/c11-8-1-7(2-9(12)3-8)4-14-5-10(13)6-14/h1-3,10H,4-6,13H2. The van der Waals surface area contributed by atoms with E-state index in [1.54, 1.807) is 0 Å². The van der Waals surface area contributed by atoms with Gasteiger partial charge in [-0.3, -0.25) is 4.90 Å². The summed E-state index contributed by atoms with van der Waals surface area (Å²) in [6.45, 7) is 3.03. The fourth-order valence-corrected chi connectivity index (χ4v) is 3.09. The van der Waals surface area contributed by atoms with Crippen LogP contribution in [0.2, 0.25) is 0 Å². The summed E-state index contributed by atoms with van der Waals surface area (Å²) in [4.78, 5) is 2.35. The molecule has 2 nitrogen and oxygen atoms in total. The van der Waals surface area contributed by atoms with Gasteiger partial charge < -0.3 is 5.73 Å². The summed E-state index contributed by atoms with van der Waals surface area (Å²) in [5.41, 5.74) is 7.04. The molecule has 1 heterocycles. The van der Waals surface area contributed by atoms with Gasteiger partial charge in [-0.25, -0.2) is 0 Å². The fraction of sp³-hybridized carbons (Fsp3) is 0.400. The minimum atomic E-state index is 0.380. The Morgan fingerprint density at radius 1 is 1.21 bits per heavy atom. The number of nitrogens with zero attached hydrogens (tertiary/aromatic N) is 1. The topological polar surface area (TPSA) is 29.3 Å². The van der Waals surface area contributed by atoms with Crippen LogP contribution in [0.4, 0.5) is 0 Å². The molecule has 2 N–H and O–H groups in total. The zero-order chi connectivity index (χ0) is 10.1. The summed E-state index contributed by atoms with van der Waals surface area (Å²) >= 11 is 6.96. The van der Waals surface area contributed by atoms with Gasteiger partial charge in [0.05, 0.1) is 0 Å². The van der Waals surface area contributed by atoms with Gasteiger partial charge >= 0.3 is 0 Å². The molecule has 0 aromatic heterocycles. The van der Waals surface area contributed by atoms with Gasteiger partial charge in [0, 0.05) is 34.6 Å². The predicted octanol–water partition coefficient (Wildman–Crippen LogP) is 2.35. The van der Waals surface area contributed by atoms with Crippen LogP contribution < -0.4 is 5.73 Å². The van der Waals surface area contributed by atoms with Crippen LogP contribution in [0.1, 0.15) is 5.56 Å². The maximum absolute atomic E-state index is 5.72. The third kappa shape index (κ3) is 2.57. The molecule has 1 aromatic rings. The molecule has 0 radical (unpaired) electrons. The average Bonchev–Trinajstić information content (AvgIpc) is 1.99. The molecule has 1 fully saturated rings. The molecule has 1 aliphatic heterocycles. The minimum absolute atomic E-state index is 0.380. The molecule has 0 unspecified atom stereocenters. The van der Waals surface area contributed by atoms with Gasteiger partial charge in [0.25, 0.3) is 0 Å². The van der Waals surface area contributed by atoms with Crippen LogP contribution in [-0.4, -0.2) is 24.0 Å². The monoisotopic (exact) mass is 318 g/mol. The van der Waals surface area contributed by atoms with Gasteiger partial charge in [-0.2, -0.15) is 0 Å². The molecule has 1 saturated heterocycles. The Bertz CT molecular complexity index is 315. The number of hydrogen-bond acceptors (Lipinski definition) is 2. The lowest BCUT2D eigenvalue weighted by atomic mass is 10.1. The molecular weight excluding hydrogens is 308 g/mol. The molecule has 0 atom stereocenters. The second-order valence-corrected chi connectivity index (χ2v) is 5.56. The van der Waals surface area contributed by atoms with Crippen molar-refractivity contribution in [2.45, 2.75) is 12.6 Å². The van der Waals surface area contributed by atoms with Crippen molar-refractivity contribution in [3.8, 4) is 0 Å². The summed E-state index contributed by atoms with van der Waals surface area (Å²) in [5, 5.41) is 0. The summed E-state index contributed by atoms with van der Waals surface area (Å²) in [7, 11) is 0. The van der Waals surface area contributed by atoms with Crippen LogP contribution in [0, 0.1) is 0 Å². The first-order valence-corrected chi connectivity index (χ1v) is 6.15. The van der Waals surface area contributed by atoms with Gasteiger partial charge in [0.2, 0.25) is 0 Å². The molecule has 0 spiro atoms. The molecule has 14 heavy (non-hydrogen) atoms. The molecule has 0 aliphatic carbocycles. The average molecular weight is 320 g/mol. The lowest BCUT2D eigenvalue weighted by Crippen LogP contribution is -2.54. The quantitative estimate of drug-likeness (QED) is 0.906. The Labute approximate surface area is 101 Å². The predicted molar refractivity (Wildman–Crippen MR) is 65.1 cm³/mol. The van der Waals surface area contributed by atoms with Crippen molar-refractivity contribution in [2.75, 3.05) is 13.1 Å². The largest absolute Gasteiger partial charge is 0.325 e. The van der Waals surface area contributed by atoms with Crippen molar-refractivity contribution in [3.63, 3.8) is 0 Å². The van der Waals surface area contributed by atoms with E-state index in [1.165, 1.54) is 5.56 Å². The molecular formula is C10H12Br2N2. The van der Waals surface area contributed by atoms with Gasteiger partial charge in [-0.05, 0) is 23.8 Å². The van der Waals surface area contributed by atoms with Crippen LogP contribution >= 0.6 is 31.9 Å². The zero-order valence-corrected chi connectivity index (χ0v) is 10.9. The van der Waals surface area contributed by atoms with E-state index >= 15 is 0 Å². The van der Waals surface area contributed by atoms with E-state index in [-0.39, 0.29) is 0 Å². The number of likely N-dealkylation sites (tertiary alicyclic amines) is 1. The maximum Gasteiger partial charge on any atom is 0.0297 e. The van der Waals surface area contributed by atoms with Crippen molar-refractivity contribution >= 4 is 31.9 Å². The van der Waals surface area contributed by atoms with E-state index in [2.05, 4.69) is 48.9 Å². The normalized spacial score (nSPS) is 18.2. The number of benzene rings is 1. The third-order valence-electron chi connectivity index (χ3n) is 2.31. The number of rotatable bonds is 2. The first kappa shape index (κ1) is 10.6. The Hall–Kier alpha value is 0.1000. The number of nitrogens with two attached hydrogens (primary N) is 1. The highest BCUT2D eigenvalue weighted by atomic mass is 79.9. The van der Waals surface area contributed by atoms with Gasteiger partial charge in [0.1, 0.15) is 0 Å². The fourth-order valence-electron chi connectivity index (χ4n) is 1.70. The Kier molecular flexibility index (Phi) is 3.27. The van der Waals surface area contributed by atoms with Gasteiger partial charge in [-0.1, -0.05) is 31.9 Å². The summed E-state index contributed by atoms with van der Waals surface area (Å²) in [6.07, 6.45) is 0. The van der Waals surface area contributed by atoms with E-state index in [0.717, 1.165) is 28.6 Å². The van der Waals surface area contributed by atoms with Crippen molar-refractivity contribution in [3.05, 3.63) is 32.7 Å². The van der Waals surface area contributed by atoms with E-state index in [9.17, 15) is 0 Å². The number of hydrogen-bond donors (Lipinski definition) is 1. The summed E-state index contributed by atoms with van der Waals surface area (Å²) in [5.74, 6) is 0. The summed E-state index contributed by atoms with van der Waals surface area (Å²) < 4.78 is 2.23. The van der Waals surface area contributed by atoms with Gasteiger partial charge in [0.15, 0.2) is 0 Å². The molecule has 0 saturated carbocycles. The Morgan fingerprint density at radius 3 is 2.29 bits per heavy atom. The molecule has 1 aromatic carbocycles. The molecule has 0 bridgehead atoms. The van der Waals surface area contributed by atoms with Crippen molar-refractivity contribution in [1.82, 2.24) is 4.90 Å². The summed E-state index contributed by atoms with van der Waals surface area (Å²) in [6, 6.07) is 6.72.